The highest BCUT2D eigenvalue weighted by Crippen LogP contribution is 2.32. The number of rotatable bonds is 5. The molecule has 3 heterocycles. The smallest absolute Gasteiger partial charge is 0.255 e. The summed E-state index contributed by atoms with van der Waals surface area (Å²) in [7, 11) is 0. The highest BCUT2D eigenvalue weighted by atomic mass is 16.5. The summed E-state index contributed by atoms with van der Waals surface area (Å²) in [5.74, 6) is 2.62. The molecule has 4 rings (SSSR count). The van der Waals surface area contributed by atoms with E-state index in [9.17, 15) is 4.79 Å². The van der Waals surface area contributed by atoms with Crippen LogP contribution in [0.25, 0.3) is 0 Å². The Balaban J connectivity index is 1.43. The molecule has 28 heavy (non-hydrogen) atoms. The predicted octanol–water partition coefficient (Wildman–Crippen LogP) is 2.50. The molecule has 3 fully saturated rings. The largest absolute Gasteiger partial charge is 0.378 e. The molecular formula is C22H34N4O2. The zero-order valence-corrected chi connectivity index (χ0v) is 17.3. The van der Waals surface area contributed by atoms with Crippen molar-refractivity contribution < 1.29 is 9.53 Å². The fourth-order valence-electron chi connectivity index (χ4n) is 4.41. The van der Waals surface area contributed by atoms with E-state index in [-0.39, 0.29) is 5.91 Å². The Labute approximate surface area is 168 Å². The lowest BCUT2D eigenvalue weighted by Crippen LogP contribution is -2.45. The van der Waals surface area contributed by atoms with Crippen LogP contribution in [0.15, 0.2) is 18.3 Å². The summed E-state index contributed by atoms with van der Waals surface area (Å²) >= 11 is 0. The molecule has 1 aliphatic carbocycles. The predicted molar refractivity (Wildman–Crippen MR) is 111 cm³/mol. The van der Waals surface area contributed by atoms with Gasteiger partial charge in [-0.25, -0.2) is 4.98 Å². The molecule has 1 saturated carbocycles. The molecule has 3 aliphatic rings. The van der Waals surface area contributed by atoms with Gasteiger partial charge in [0.05, 0.1) is 18.8 Å². The van der Waals surface area contributed by atoms with Crippen LogP contribution in [0.5, 0.6) is 0 Å². The molecule has 6 nitrogen and oxygen atoms in total. The zero-order valence-electron chi connectivity index (χ0n) is 17.3. The first-order valence-electron chi connectivity index (χ1n) is 10.9. The van der Waals surface area contributed by atoms with Crippen LogP contribution >= 0.6 is 0 Å². The van der Waals surface area contributed by atoms with Gasteiger partial charge in [0.25, 0.3) is 5.91 Å². The number of nitrogens with zero attached hydrogens (tertiary/aromatic N) is 4. The molecule has 0 N–H and O–H groups in total. The van der Waals surface area contributed by atoms with E-state index < -0.39 is 0 Å². The fraction of sp³-hybridized carbons (Fsp3) is 0.727. The molecule has 0 bridgehead atoms. The number of morpholine rings is 1. The van der Waals surface area contributed by atoms with Crippen molar-refractivity contribution in [2.45, 2.75) is 39.2 Å². The molecule has 1 unspecified atom stereocenters. The third kappa shape index (κ3) is 4.66. The fourth-order valence-corrected chi connectivity index (χ4v) is 4.41. The van der Waals surface area contributed by atoms with Gasteiger partial charge >= 0.3 is 0 Å². The van der Waals surface area contributed by atoms with Crippen LogP contribution < -0.4 is 4.90 Å². The molecule has 154 valence electrons. The van der Waals surface area contributed by atoms with Crippen LogP contribution in [-0.2, 0) is 4.74 Å². The van der Waals surface area contributed by atoms with Crippen molar-refractivity contribution >= 4 is 11.7 Å². The van der Waals surface area contributed by atoms with Gasteiger partial charge in [0.15, 0.2) is 0 Å². The SMILES string of the molecule is CC(C)C1CN(c2ccc(C(=O)N3CCOCC3)cn2)CCCN1CC1CC1. The minimum Gasteiger partial charge on any atom is -0.378 e. The van der Waals surface area contributed by atoms with E-state index in [1.54, 1.807) is 6.20 Å². The number of anilines is 1. The van der Waals surface area contributed by atoms with Crippen molar-refractivity contribution in [1.29, 1.82) is 0 Å². The topological polar surface area (TPSA) is 48.9 Å². The number of hydrogen-bond donors (Lipinski definition) is 0. The number of carbonyl (C=O) groups excluding carboxylic acids is 1. The molecule has 1 aromatic rings. The highest BCUT2D eigenvalue weighted by Gasteiger charge is 2.32. The zero-order chi connectivity index (χ0) is 19.5. The van der Waals surface area contributed by atoms with E-state index in [2.05, 4.69) is 28.6 Å². The third-order valence-corrected chi connectivity index (χ3v) is 6.33. The molecule has 0 aromatic carbocycles. The van der Waals surface area contributed by atoms with Crippen LogP contribution in [0.4, 0.5) is 5.82 Å². The Morgan fingerprint density at radius 2 is 1.96 bits per heavy atom. The molecule has 2 saturated heterocycles. The van der Waals surface area contributed by atoms with E-state index in [1.165, 1.54) is 32.4 Å². The maximum atomic E-state index is 12.6. The first-order valence-corrected chi connectivity index (χ1v) is 10.9. The summed E-state index contributed by atoms with van der Waals surface area (Å²) in [6.45, 7) is 11.8. The molecule has 1 amide bonds. The van der Waals surface area contributed by atoms with Gasteiger partial charge in [-0.15, -0.1) is 0 Å². The quantitative estimate of drug-likeness (QED) is 0.778. The summed E-state index contributed by atoms with van der Waals surface area (Å²) in [4.78, 5) is 24.3. The standard InChI is InChI=1S/C22H34N4O2/c1-17(2)20-16-26(9-3-8-25(20)15-18-4-5-18)21-7-6-19(14-23-21)22(27)24-10-12-28-13-11-24/h6-7,14,17-18,20H,3-5,8-13,15-16H2,1-2H3. The van der Waals surface area contributed by atoms with Gasteiger partial charge in [-0.1, -0.05) is 13.8 Å². The van der Waals surface area contributed by atoms with E-state index in [4.69, 9.17) is 4.74 Å². The number of amides is 1. The van der Waals surface area contributed by atoms with Crippen molar-refractivity contribution in [3.63, 3.8) is 0 Å². The van der Waals surface area contributed by atoms with E-state index in [0.29, 0.717) is 43.8 Å². The van der Waals surface area contributed by atoms with Crippen LogP contribution in [-0.4, -0.2) is 79.2 Å². The summed E-state index contributed by atoms with van der Waals surface area (Å²) in [5.41, 5.74) is 0.677. The molecule has 0 radical (unpaired) electrons. The number of carbonyl (C=O) groups is 1. The Kier molecular flexibility index (Phi) is 6.16. The first kappa shape index (κ1) is 19.6. The van der Waals surface area contributed by atoms with E-state index >= 15 is 0 Å². The maximum absolute atomic E-state index is 12.6. The Morgan fingerprint density at radius 3 is 2.61 bits per heavy atom. The first-order chi connectivity index (χ1) is 13.6. The van der Waals surface area contributed by atoms with Crippen molar-refractivity contribution in [1.82, 2.24) is 14.8 Å². The number of hydrogen-bond acceptors (Lipinski definition) is 5. The van der Waals surface area contributed by atoms with Gasteiger partial charge in [-0.05, 0) is 43.2 Å². The second kappa shape index (κ2) is 8.78. The molecular weight excluding hydrogens is 352 g/mol. The second-order valence-electron chi connectivity index (χ2n) is 8.86. The van der Waals surface area contributed by atoms with Crippen LogP contribution in [0.3, 0.4) is 0 Å². The van der Waals surface area contributed by atoms with Crippen molar-refractivity contribution in [2.75, 3.05) is 57.4 Å². The second-order valence-corrected chi connectivity index (χ2v) is 8.86. The maximum Gasteiger partial charge on any atom is 0.255 e. The van der Waals surface area contributed by atoms with Crippen LogP contribution in [0.1, 0.15) is 43.5 Å². The van der Waals surface area contributed by atoms with Gasteiger partial charge in [-0.3, -0.25) is 9.69 Å². The Bertz CT molecular complexity index is 653. The lowest BCUT2D eigenvalue weighted by molar-refractivity contribution is 0.0302. The Morgan fingerprint density at radius 1 is 1.18 bits per heavy atom. The van der Waals surface area contributed by atoms with Gasteiger partial charge in [0, 0.05) is 51.5 Å². The van der Waals surface area contributed by atoms with Gasteiger partial charge in [-0.2, -0.15) is 0 Å². The van der Waals surface area contributed by atoms with Crippen LogP contribution in [0.2, 0.25) is 0 Å². The molecule has 2 aliphatic heterocycles. The minimum absolute atomic E-state index is 0.0638. The van der Waals surface area contributed by atoms with E-state index in [1.807, 2.05) is 17.0 Å². The molecule has 6 heteroatoms. The normalized spacial score (nSPS) is 24.5. The molecule has 1 atom stereocenters. The molecule has 0 spiro atoms. The van der Waals surface area contributed by atoms with E-state index in [0.717, 1.165) is 24.8 Å². The summed E-state index contributed by atoms with van der Waals surface area (Å²) in [5, 5.41) is 0. The van der Waals surface area contributed by atoms with Crippen molar-refractivity contribution in [2.24, 2.45) is 11.8 Å². The highest BCUT2D eigenvalue weighted by molar-refractivity contribution is 5.94. The summed E-state index contributed by atoms with van der Waals surface area (Å²) in [6.07, 6.45) is 5.74. The third-order valence-electron chi connectivity index (χ3n) is 6.33. The lowest BCUT2D eigenvalue weighted by atomic mass is 10.0. The van der Waals surface area contributed by atoms with Gasteiger partial charge < -0.3 is 14.5 Å². The summed E-state index contributed by atoms with van der Waals surface area (Å²) in [6, 6.07) is 4.54. The monoisotopic (exact) mass is 386 g/mol. The van der Waals surface area contributed by atoms with Crippen molar-refractivity contribution in [3.8, 4) is 0 Å². The Hall–Kier alpha value is -1.66. The van der Waals surface area contributed by atoms with Crippen LogP contribution in [0, 0.1) is 11.8 Å². The number of pyridine rings is 1. The van der Waals surface area contributed by atoms with Gasteiger partial charge in [0.2, 0.25) is 0 Å². The summed E-state index contributed by atoms with van der Waals surface area (Å²) < 4.78 is 5.34. The number of aromatic nitrogens is 1. The number of ether oxygens (including phenoxy) is 1. The lowest BCUT2D eigenvalue weighted by Gasteiger charge is -2.35. The minimum atomic E-state index is 0.0638. The average molecular weight is 387 g/mol. The van der Waals surface area contributed by atoms with Crippen molar-refractivity contribution in [3.05, 3.63) is 23.9 Å². The van der Waals surface area contributed by atoms with Gasteiger partial charge in [0.1, 0.15) is 5.82 Å². The molecule has 1 aromatic heterocycles. The average Bonchev–Trinajstić information content (AvgIpc) is 3.55.